The van der Waals surface area contributed by atoms with E-state index in [1.165, 1.54) is 51.5 Å². The second kappa shape index (κ2) is 9.51. The van der Waals surface area contributed by atoms with E-state index in [-0.39, 0.29) is 21.7 Å². The van der Waals surface area contributed by atoms with Gasteiger partial charge in [-0.3, -0.25) is 4.79 Å². The smallest absolute Gasteiger partial charge is 0.337 e. The van der Waals surface area contributed by atoms with Crippen LogP contribution in [0.25, 0.3) is 0 Å². The molecule has 0 fully saturated rings. The molecule has 0 aliphatic rings. The Morgan fingerprint density at radius 2 is 1.40 bits per heavy atom. The van der Waals surface area contributed by atoms with Gasteiger partial charge in [0.2, 0.25) is 15.9 Å². The Kier molecular flexibility index (Phi) is 7.30. The fourth-order valence-electron chi connectivity index (χ4n) is 2.49. The molecule has 0 heterocycles. The number of hydrogen-bond donors (Lipinski definition) is 2. The standard InChI is InChI=1S/C20H22N2O7S/c1-12-5-7-17(8-6-12)30(26,27)22-13(2)18(23)21-16-10-14(19(24)28-3)9-15(11-16)20(25)29-4/h5-11,13,22H,1-4H3,(H,21,23)/t13-/m1/s1. The van der Waals surface area contributed by atoms with Crippen molar-refractivity contribution < 1.29 is 32.3 Å². The van der Waals surface area contributed by atoms with Gasteiger partial charge in [-0.1, -0.05) is 17.7 Å². The van der Waals surface area contributed by atoms with E-state index in [4.69, 9.17) is 0 Å². The summed E-state index contributed by atoms with van der Waals surface area (Å²) >= 11 is 0. The van der Waals surface area contributed by atoms with Crippen molar-refractivity contribution in [2.75, 3.05) is 19.5 Å². The number of esters is 2. The first-order valence-corrected chi connectivity index (χ1v) is 10.3. The molecule has 0 aromatic heterocycles. The summed E-state index contributed by atoms with van der Waals surface area (Å²) in [5, 5.41) is 2.48. The van der Waals surface area contributed by atoms with Crippen LogP contribution in [-0.4, -0.2) is 46.5 Å². The Bertz CT molecular complexity index is 1030. The summed E-state index contributed by atoms with van der Waals surface area (Å²) in [5.74, 6) is -2.13. The van der Waals surface area contributed by atoms with E-state index in [2.05, 4.69) is 19.5 Å². The monoisotopic (exact) mass is 434 g/mol. The summed E-state index contributed by atoms with van der Waals surface area (Å²) in [7, 11) is -1.58. The topological polar surface area (TPSA) is 128 Å². The molecule has 2 N–H and O–H groups in total. The molecule has 0 radical (unpaired) electrons. The second-order valence-corrected chi connectivity index (χ2v) is 8.14. The lowest BCUT2D eigenvalue weighted by Gasteiger charge is -2.15. The molecule has 1 atom stereocenters. The van der Waals surface area contributed by atoms with Gasteiger partial charge in [0.25, 0.3) is 0 Å². The molecule has 0 bridgehead atoms. The van der Waals surface area contributed by atoms with Gasteiger partial charge in [-0.15, -0.1) is 0 Å². The lowest BCUT2D eigenvalue weighted by molar-refractivity contribution is -0.117. The fraction of sp³-hybridized carbons (Fsp3) is 0.250. The van der Waals surface area contributed by atoms with E-state index >= 15 is 0 Å². The molecule has 1 amide bonds. The number of methoxy groups -OCH3 is 2. The molecule has 10 heteroatoms. The maximum absolute atomic E-state index is 12.5. The molecule has 2 aromatic rings. The minimum absolute atomic E-state index is 0.0172. The van der Waals surface area contributed by atoms with Crippen LogP contribution in [0.5, 0.6) is 0 Å². The van der Waals surface area contributed by atoms with Gasteiger partial charge >= 0.3 is 11.9 Å². The fourth-order valence-corrected chi connectivity index (χ4v) is 3.70. The van der Waals surface area contributed by atoms with Crippen molar-refractivity contribution in [1.82, 2.24) is 4.72 Å². The molecule has 30 heavy (non-hydrogen) atoms. The number of amides is 1. The van der Waals surface area contributed by atoms with Crippen LogP contribution < -0.4 is 10.0 Å². The number of nitrogens with one attached hydrogen (secondary N) is 2. The zero-order chi connectivity index (χ0) is 22.5. The third-order valence-corrected chi connectivity index (χ3v) is 5.66. The SMILES string of the molecule is COC(=O)c1cc(NC(=O)[C@@H](C)NS(=O)(=O)c2ccc(C)cc2)cc(C(=O)OC)c1. The van der Waals surface area contributed by atoms with Crippen LogP contribution in [0.15, 0.2) is 47.4 Å². The average Bonchev–Trinajstić information content (AvgIpc) is 2.72. The minimum atomic E-state index is -3.92. The van der Waals surface area contributed by atoms with Crippen LogP contribution in [0.2, 0.25) is 0 Å². The number of carbonyl (C=O) groups is 3. The van der Waals surface area contributed by atoms with Crippen molar-refractivity contribution in [3.63, 3.8) is 0 Å². The molecule has 0 spiro atoms. The normalized spacial score (nSPS) is 12.0. The highest BCUT2D eigenvalue weighted by Crippen LogP contribution is 2.18. The van der Waals surface area contributed by atoms with Crippen LogP contribution >= 0.6 is 0 Å². The van der Waals surface area contributed by atoms with E-state index in [0.717, 1.165) is 5.56 Å². The number of aryl methyl sites for hydroxylation is 1. The largest absolute Gasteiger partial charge is 0.465 e. The molecule has 0 aliphatic heterocycles. The molecular formula is C20H22N2O7S. The maximum Gasteiger partial charge on any atom is 0.337 e. The Hall–Kier alpha value is -3.24. The van der Waals surface area contributed by atoms with Crippen LogP contribution in [0, 0.1) is 6.92 Å². The first kappa shape index (κ1) is 23.0. The molecule has 2 aromatic carbocycles. The van der Waals surface area contributed by atoms with Crippen LogP contribution in [-0.2, 0) is 24.3 Å². The zero-order valence-corrected chi connectivity index (χ0v) is 17.7. The summed E-state index contributed by atoms with van der Waals surface area (Å²) < 4.78 is 36.5. The minimum Gasteiger partial charge on any atom is -0.465 e. The quantitative estimate of drug-likeness (QED) is 0.637. The lowest BCUT2D eigenvalue weighted by atomic mass is 10.1. The summed E-state index contributed by atoms with van der Waals surface area (Å²) in [5.41, 5.74) is 1.03. The first-order chi connectivity index (χ1) is 14.1. The van der Waals surface area contributed by atoms with Gasteiger partial charge < -0.3 is 14.8 Å². The molecule has 0 aliphatic carbocycles. The molecular weight excluding hydrogens is 412 g/mol. The predicted molar refractivity (Wildman–Crippen MR) is 109 cm³/mol. The third-order valence-electron chi connectivity index (χ3n) is 4.10. The molecule has 0 saturated heterocycles. The van der Waals surface area contributed by atoms with E-state index in [9.17, 15) is 22.8 Å². The van der Waals surface area contributed by atoms with E-state index < -0.39 is 33.9 Å². The first-order valence-electron chi connectivity index (χ1n) is 8.79. The number of sulfonamides is 1. The van der Waals surface area contributed by atoms with Gasteiger partial charge in [-0.05, 0) is 44.2 Å². The van der Waals surface area contributed by atoms with Gasteiger partial charge in [0.1, 0.15) is 0 Å². The van der Waals surface area contributed by atoms with E-state index in [0.29, 0.717) is 0 Å². The molecule has 0 saturated carbocycles. The highest BCUT2D eigenvalue weighted by molar-refractivity contribution is 7.89. The van der Waals surface area contributed by atoms with Crippen molar-refractivity contribution in [2.45, 2.75) is 24.8 Å². The summed E-state index contributed by atoms with van der Waals surface area (Å²) in [6.45, 7) is 3.19. The number of hydrogen-bond acceptors (Lipinski definition) is 7. The number of rotatable bonds is 7. The highest BCUT2D eigenvalue weighted by atomic mass is 32.2. The lowest BCUT2D eigenvalue weighted by Crippen LogP contribution is -2.41. The van der Waals surface area contributed by atoms with Crippen molar-refractivity contribution in [3.8, 4) is 0 Å². The molecule has 0 unspecified atom stereocenters. The Labute approximate surface area is 174 Å². The summed E-state index contributed by atoms with van der Waals surface area (Å²) in [6.07, 6.45) is 0. The Morgan fingerprint density at radius 3 is 1.87 bits per heavy atom. The van der Waals surface area contributed by atoms with Gasteiger partial charge in [0.15, 0.2) is 0 Å². The van der Waals surface area contributed by atoms with Crippen molar-refractivity contribution in [2.24, 2.45) is 0 Å². The van der Waals surface area contributed by atoms with Crippen LogP contribution in [0.1, 0.15) is 33.2 Å². The van der Waals surface area contributed by atoms with Crippen LogP contribution in [0.4, 0.5) is 5.69 Å². The van der Waals surface area contributed by atoms with Crippen molar-refractivity contribution in [3.05, 3.63) is 59.2 Å². The van der Waals surface area contributed by atoms with E-state index in [1.54, 1.807) is 12.1 Å². The maximum atomic E-state index is 12.5. The molecule has 2 rings (SSSR count). The van der Waals surface area contributed by atoms with Gasteiger partial charge in [-0.2, -0.15) is 4.72 Å². The number of ether oxygens (including phenoxy) is 2. The Morgan fingerprint density at radius 1 is 0.900 bits per heavy atom. The van der Waals surface area contributed by atoms with Crippen molar-refractivity contribution in [1.29, 1.82) is 0 Å². The second-order valence-electron chi connectivity index (χ2n) is 6.43. The molecule has 9 nitrogen and oxygen atoms in total. The van der Waals surface area contributed by atoms with E-state index in [1.807, 2.05) is 6.92 Å². The third kappa shape index (κ3) is 5.65. The summed E-state index contributed by atoms with van der Waals surface area (Å²) in [4.78, 5) is 36.2. The average molecular weight is 434 g/mol. The predicted octanol–water partition coefficient (Wildman–Crippen LogP) is 1.87. The van der Waals surface area contributed by atoms with Gasteiger partial charge in [0, 0.05) is 5.69 Å². The number of carbonyl (C=O) groups excluding carboxylic acids is 3. The van der Waals surface area contributed by atoms with Crippen LogP contribution in [0.3, 0.4) is 0 Å². The summed E-state index contributed by atoms with van der Waals surface area (Å²) in [6, 6.07) is 8.89. The molecule has 160 valence electrons. The number of anilines is 1. The Balaban J connectivity index is 2.22. The van der Waals surface area contributed by atoms with Gasteiger partial charge in [-0.25, -0.2) is 18.0 Å². The van der Waals surface area contributed by atoms with Gasteiger partial charge in [0.05, 0.1) is 36.3 Å². The zero-order valence-electron chi connectivity index (χ0n) is 16.9. The highest BCUT2D eigenvalue weighted by Gasteiger charge is 2.23. The number of benzene rings is 2. The van der Waals surface area contributed by atoms with Crippen molar-refractivity contribution >= 4 is 33.6 Å².